The minimum atomic E-state index is -0.505. The van der Waals surface area contributed by atoms with E-state index in [2.05, 4.69) is 5.32 Å². The Balaban J connectivity index is 2.28. The van der Waals surface area contributed by atoms with Crippen LogP contribution in [0, 0.1) is 0 Å². The van der Waals surface area contributed by atoms with Gasteiger partial charge >= 0.3 is 0 Å². The zero-order valence-electron chi connectivity index (χ0n) is 5.87. The van der Waals surface area contributed by atoms with Gasteiger partial charge in [0.25, 0.3) is 0 Å². The maximum atomic E-state index is 12.1. The minimum Gasteiger partial charge on any atom is -0.356 e. The number of thioether (sulfide) groups is 1. The predicted molar refractivity (Wildman–Crippen MR) is 42.4 cm³/mol. The number of nitrogens with one attached hydrogen (secondary N) is 1. The Labute approximate surface area is 68.6 Å². The number of alkyl halides is 1. The van der Waals surface area contributed by atoms with Crippen LogP contribution >= 0.6 is 11.8 Å². The average Bonchev–Trinajstić information content (AvgIpc) is 2.47. The first-order valence-corrected chi connectivity index (χ1v) is 4.13. The summed E-state index contributed by atoms with van der Waals surface area (Å²) in [7, 11) is 0. The van der Waals surface area contributed by atoms with E-state index < -0.39 is 6.80 Å². The molecule has 1 aliphatic heterocycles. The van der Waals surface area contributed by atoms with E-state index in [1.807, 2.05) is 5.41 Å². The van der Waals surface area contributed by atoms with Gasteiger partial charge in [-0.05, 0) is 5.41 Å². The molecule has 1 aliphatic rings. The highest BCUT2D eigenvalue weighted by Gasteiger charge is 2.18. The zero-order valence-corrected chi connectivity index (χ0v) is 6.68. The quantitative estimate of drug-likeness (QED) is 0.500. The normalized spacial score (nSPS) is 22.3. The summed E-state index contributed by atoms with van der Waals surface area (Å²) in [5.41, 5.74) is 0. The first-order valence-electron chi connectivity index (χ1n) is 3.19. The fourth-order valence-electron chi connectivity index (χ4n) is 0.809. The van der Waals surface area contributed by atoms with Gasteiger partial charge in [-0.15, -0.1) is 11.8 Å². The first kappa shape index (κ1) is 8.39. The van der Waals surface area contributed by atoms with Crippen molar-refractivity contribution in [2.75, 3.05) is 13.3 Å². The van der Waals surface area contributed by atoms with Gasteiger partial charge in [0.05, 0.1) is 5.37 Å². The fourth-order valence-corrected chi connectivity index (χ4v) is 1.69. The number of carbonyl (C=O) groups excluding carboxylic acids is 1. The van der Waals surface area contributed by atoms with Gasteiger partial charge in [0.1, 0.15) is 0 Å². The summed E-state index contributed by atoms with van der Waals surface area (Å²) in [5.74, 6) is 0. The average molecular weight is 176 g/mol. The molecule has 0 saturated carbocycles. The van der Waals surface area contributed by atoms with Crippen molar-refractivity contribution in [2.45, 2.75) is 5.37 Å². The third-order valence-electron chi connectivity index (χ3n) is 1.37. The molecule has 62 valence electrons. The molecule has 0 aliphatic carbocycles. The highest BCUT2D eigenvalue weighted by molar-refractivity contribution is 8.02. The summed E-state index contributed by atoms with van der Waals surface area (Å²) >= 11 is 1.50. The molecule has 0 spiro atoms. The molecular weight excluding hydrogens is 167 g/mol. The summed E-state index contributed by atoms with van der Waals surface area (Å²) in [6, 6.07) is 0. The molecule has 0 aromatic carbocycles. The predicted octanol–water partition coefficient (Wildman–Crippen LogP) is 0.506. The molecular formula is C6H9FN2OS. The molecule has 1 heterocycles. The third kappa shape index (κ3) is 2.11. The molecule has 1 N–H and O–H groups in total. The largest absolute Gasteiger partial charge is 0.356 e. The van der Waals surface area contributed by atoms with Crippen molar-refractivity contribution in [3.05, 3.63) is 11.6 Å². The van der Waals surface area contributed by atoms with Gasteiger partial charge in [-0.25, -0.2) is 4.39 Å². The van der Waals surface area contributed by atoms with Crippen LogP contribution in [0.1, 0.15) is 0 Å². The summed E-state index contributed by atoms with van der Waals surface area (Å²) < 4.78 is 12.1. The maximum absolute atomic E-state index is 12.1. The Morgan fingerprint density at radius 3 is 3.27 bits per heavy atom. The molecule has 0 aromatic rings. The molecule has 1 rings (SSSR count). The van der Waals surface area contributed by atoms with Gasteiger partial charge in [-0.2, -0.15) is 0 Å². The number of hydrogen-bond acceptors (Lipinski definition) is 3. The Hall–Kier alpha value is -0.710. The highest BCUT2D eigenvalue weighted by Crippen LogP contribution is 2.23. The number of hydrogen-bond donors (Lipinski definition) is 1. The summed E-state index contributed by atoms with van der Waals surface area (Å²) in [4.78, 5) is 11.4. The lowest BCUT2D eigenvalue weighted by Gasteiger charge is -2.20. The van der Waals surface area contributed by atoms with Crippen molar-refractivity contribution < 1.29 is 9.18 Å². The Bertz CT molecular complexity index is 165. The lowest BCUT2D eigenvalue weighted by Crippen LogP contribution is -2.33. The molecule has 5 heteroatoms. The number of nitrogens with zero attached hydrogens (tertiary/aromatic N) is 1. The van der Waals surface area contributed by atoms with E-state index in [1.165, 1.54) is 16.7 Å². The van der Waals surface area contributed by atoms with Gasteiger partial charge in [-0.1, -0.05) is 0 Å². The molecule has 3 nitrogen and oxygen atoms in total. The molecule has 1 atom stereocenters. The smallest absolute Gasteiger partial charge is 0.207 e. The van der Waals surface area contributed by atoms with Crippen LogP contribution in [0.3, 0.4) is 0 Å². The molecule has 0 radical (unpaired) electrons. The number of rotatable bonds is 4. The van der Waals surface area contributed by atoms with Crippen LogP contribution in [0.15, 0.2) is 11.6 Å². The Kier molecular flexibility index (Phi) is 3.22. The molecule has 11 heavy (non-hydrogen) atoms. The van der Waals surface area contributed by atoms with Crippen LogP contribution in [0.5, 0.6) is 0 Å². The molecule has 0 saturated heterocycles. The van der Waals surface area contributed by atoms with Crippen LogP contribution in [0.4, 0.5) is 4.39 Å². The fraction of sp³-hybridized carbons (Fsp3) is 0.500. The van der Waals surface area contributed by atoms with E-state index >= 15 is 0 Å². The van der Waals surface area contributed by atoms with Crippen molar-refractivity contribution in [1.29, 1.82) is 0 Å². The lowest BCUT2D eigenvalue weighted by atomic mass is 10.5. The molecule has 0 bridgehead atoms. The topological polar surface area (TPSA) is 32.3 Å². The summed E-state index contributed by atoms with van der Waals surface area (Å²) in [6.45, 7) is -0.0280. The number of halogens is 1. The maximum Gasteiger partial charge on any atom is 0.207 e. The van der Waals surface area contributed by atoms with Crippen molar-refractivity contribution in [1.82, 2.24) is 10.2 Å². The van der Waals surface area contributed by atoms with Crippen LogP contribution in [-0.4, -0.2) is 30.0 Å². The number of carbonyl (C=O) groups is 1. The highest BCUT2D eigenvalue weighted by atomic mass is 32.2. The standard InChI is InChI=1S/C6H9FN2OS/c7-4-9-1-2-11-6(9)3-8-5-10/h1-2,5-6H,3-4H2,(H,8,10). The first-order chi connectivity index (χ1) is 5.38. The van der Waals surface area contributed by atoms with Gasteiger partial charge in [0.15, 0.2) is 6.80 Å². The van der Waals surface area contributed by atoms with Crippen LogP contribution in [-0.2, 0) is 4.79 Å². The molecule has 0 aromatic heterocycles. The Morgan fingerprint density at radius 1 is 1.82 bits per heavy atom. The monoisotopic (exact) mass is 176 g/mol. The minimum absolute atomic E-state index is 0.0187. The van der Waals surface area contributed by atoms with Crippen molar-refractivity contribution in [3.8, 4) is 0 Å². The van der Waals surface area contributed by atoms with E-state index in [0.717, 1.165) is 0 Å². The van der Waals surface area contributed by atoms with Gasteiger partial charge in [0.2, 0.25) is 6.41 Å². The second-order valence-corrected chi connectivity index (χ2v) is 3.12. The van der Waals surface area contributed by atoms with Crippen molar-refractivity contribution in [3.63, 3.8) is 0 Å². The third-order valence-corrected chi connectivity index (χ3v) is 2.40. The van der Waals surface area contributed by atoms with Crippen LogP contribution in [0.2, 0.25) is 0 Å². The van der Waals surface area contributed by atoms with Crippen LogP contribution < -0.4 is 5.32 Å². The van der Waals surface area contributed by atoms with Gasteiger partial charge < -0.3 is 10.2 Å². The number of amides is 1. The Morgan fingerprint density at radius 2 is 2.64 bits per heavy atom. The van der Waals surface area contributed by atoms with E-state index in [-0.39, 0.29) is 5.37 Å². The van der Waals surface area contributed by atoms with Crippen LogP contribution in [0.25, 0.3) is 0 Å². The second kappa shape index (κ2) is 4.23. The van der Waals surface area contributed by atoms with Crippen molar-refractivity contribution >= 4 is 18.2 Å². The van der Waals surface area contributed by atoms with E-state index in [1.54, 1.807) is 6.20 Å². The SMILES string of the molecule is O=CNCC1SC=CN1CF. The van der Waals surface area contributed by atoms with E-state index in [9.17, 15) is 9.18 Å². The summed E-state index contributed by atoms with van der Waals surface area (Å²) in [6.07, 6.45) is 2.30. The van der Waals surface area contributed by atoms with E-state index in [4.69, 9.17) is 0 Å². The lowest BCUT2D eigenvalue weighted by molar-refractivity contribution is -0.109. The van der Waals surface area contributed by atoms with Crippen molar-refractivity contribution in [2.24, 2.45) is 0 Å². The van der Waals surface area contributed by atoms with Gasteiger partial charge in [0, 0.05) is 12.7 Å². The molecule has 1 amide bonds. The molecule has 1 unspecified atom stereocenters. The second-order valence-electron chi connectivity index (χ2n) is 2.04. The van der Waals surface area contributed by atoms with Gasteiger partial charge in [-0.3, -0.25) is 4.79 Å². The zero-order chi connectivity index (χ0) is 8.10. The van der Waals surface area contributed by atoms with E-state index in [0.29, 0.717) is 13.0 Å². The molecule has 0 fully saturated rings. The summed E-state index contributed by atoms with van der Waals surface area (Å²) in [5, 5.41) is 4.34.